The number of fused-ring (bicyclic) bond motifs is 5. The number of ether oxygens (including phenoxy) is 7. The molecule has 32 nitrogen and oxygen atoms in total. The third-order valence-electron chi connectivity index (χ3n) is 24.3. The molecule has 4 saturated carbocycles. The average molecular weight is 1600 g/mol. The van der Waals surface area contributed by atoms with E-state index >= 15 is 0 Å². The zero-order valence-electron chi connectivity index (χ0n) is 67.2. The SMILES string of the molecule is CCC1O[C@H](OC(C(O)CO)C(O)C(O)C(=O)NC(=O)C(CC(=O)OC)NC(=O)CCC(C)C2CCC3C4CCC5C[C@H](O)CCC5(C)C4C[C@H](O)C23C)[C@H](O)C(O)[C@@H]1O.CCCC/C=C/CCCCCCCC.CCCCCC(=O)OC(CNC(=O)C(O)C(O)C(O[C@H]1OC(CC)[C@@H](O)C(O)[C@H]1O)C(O)CO)COC. The van der Waals surface area contributed by atoms with Crippen LogP contribution in [-0.4, -0.2) is 292 Å². The number of methoxy groups -OCH3 is 2. The number of aliphatic hydroxyl groups excluding tert-OH is 16. The Kier molecular flexibility index (Phi) is 44.6. The topological polar surface area (TPSA) is 527 Å². The molecule has 0 radical (unpaired) electrons. The van der Waals surface area contributed by atoms with Crippen molar-refractivity contribution in [1.82, 2.24) is 16.0 Å². The number of unbranched alkanes of at least 4 members (excludes halogenated alkanes) is 10. The fourth-order valence-electron chi connectivity index (χ4n) is 17.4. The summed E-state index contributed by atoms with van der Waals surface area (Å²) in [6, 6.07) is -1.64. The van der Waals surface area contributed by atoms with Gasteiger partial charge in [0.1, 0.15) is 85.4 Å². The lowest BCUT2D eigenvalue weighted by Gasteiger charge is -2.62. The summed E-state index contributed by atoms with van der Waals surface area (Å²) in [7, 11) is 2.44. The van der Waals surface area contributed by atoms with Crippen molar-refractivity contribution in [2.45, 2.75) is 363 Å². The van der Waals surface area contributed by atoms with E-state index in [1.807, 2.05) is 12.2 Å². The summed E-state index contributed by atoms with van der Waals surface area (Å²) in [6.45, 7) is 14.1. The number of aliphatic hydroxyl groups is 16. The molecule has 6 aliphatic rings. The van der Waals surface area contributed by atoms with E-state index in [9.17, 15) is 110 Å². The van der Waals surface area contributed by atoms with Crippen LogP contribution in [0.2, 0.25) is 0 Å². The van der Waals surface area contributed by atoms with E-state index in [-0.39, 0.29) is 67.6 Å². The Bertz CT molecular complexity index is 2740. The molecule has 22 unspecified atom stereocenters. The van der Waals surface area contributed by atoms with Crippen LogP contribution in [0.25, 0.3) is 0 Å². The summed E-state index contributed by atoms with van der Waals surface area (Å²) >= 11 is 0. The molecule has 0 spiro atoms. The minimum absolute atomic E-state index is 0.0190. The number of allylic oxidation sites excluding steroid dienone is 2. The highest BCUT2D eigenvalue weighted by molar-refractivity contribution is 6.02. The molecule has 2 aliphatic heterocycles. The van der Waals surface area contributed by atoms with Gasteiger partial charge in [-0.1, -0.05) is 125 Å². The summed E-state index contributed by atoms with van der Waals surface area (Å²) < 4.78 is 36.6. The van der Waals surface area contributed by atoms with Crippen molar-refractivity contribution in [3.05, 3.63) is 12.2 Å². The van der Waals surface area contributed by atoms with E-state index in [2.05, 4.69) is 62.1 Å². The van der Waals surface area contributed by atoms with Gasteiger partial charge in [0, 0.05) is 20.0 Å². The lowest BCUT2D eigenvalue weighted by atomic mass is 9.43. The van der Waals surface area contributed by atoms with E-state index < -0.39 is 184 Å². The summed E-state index contributed by atoms with van der Waals surface area (Å²) in [5.74, 6) is -3.99. The average Bonchev–Trinajstić information content (AvgIpc) is 1.68. The maximum absolute atomic E-state index is 13.4. The first kappa shape index (κ1) is 99.3. The molecule has 6 rings (SSSR count). The normalized spacial score (nSPS) is 32.8. The lowest BCUT2D eigenvalue weighted by Crippen LogP contribution is -2.61. The standard InChI is InChI=1S/C42H70N2O16.C23H43NO13.C14H28/c1-6-28-32(51)33(52)36(55)40(59-28)60-37(27(47)18-45)34(53)35(54)39(57)44-38(56)26(17-31(50)58-5)43-30(49)12-7-19(2)23-10-11-24-22-9-8-20-15-21(46)13-14-41(20,3)25(22)16-29(48)42(23,24)4;1-4-6-7-8-15(27)35-12(11-34-3)9-24-22(33)19(31)18(30)21(13(26)10-25)37-23-20(32)17(29)16(28)14(5-2)36-23;1-3-5-7-9-11-13-14-12-10-8-6-4-2/h19-29,32-37,40,45-48,51-55H,6-18H2,1-5H3,(H,43,49)(H,44,56,57);12-14,16-21,23,25-26,28-32H,4-11H2,1-3H3,(H,24,33);9,11H,3-8,10,12-14H2,1-2H3/b;;11-9+/t19?,20?,21-,22?,23?,24?,25?,26?,27?,28?,29+,32-,33?,34?,35?,36-,37?,40-,41?,42?;12?,13?,14?,16-,17?,18?,19?,20-,21?,23-;/m11./s1. The van der Waals surface area contributed by atoms with Gasteiger partial charge in [-0.25, -0.2) is 0 Å². The number of carbonyl (C=O) groups excluding carboxylic acids is 6. The molecule has 0 aromatic carbocycles. The third kappa shape index (κ3) is 28.3. The van der Waals surface area contributed by atoms with E-state index in [1.54, 1.807) is 13.8 Å². The van der Waals surface area contributed by atoms with Crippen LogP contribution < -0.4 is 16.0 Å². The van der Waals surface area contributed by atoms with E-state index in [1.165, 1.54) is 71.3 Å². The fraction of sp³-hybridized carbons (Fsp3) is 0.899. The molecule has 0 bridgehead atoms. The van der Waals surface area contributed by atoms with Gasteiger partial charge in [0.15, 0.2) is 24.8 Å². The van der Waals surface area contributed by atoms with Crippen LogP contribution >= 0.6 is 0 Å². The number of imide groups is 1. The molecule has 2 heterocycles. The second kappa shape index (κ2) is 49.9. The second-order valence-corrected chi connectivity index (χ2v) is 32.0. The maximum Gasteiger partial charge on any atom is 0.308 e. The molecule has 4 amide bonds. The molecule has 4 aliphatic carbocycles. The van der Waals surface area contributed by atoms with E-state index in [0.29, 0.717) is 36.5 Å². The zero-order chi connectivity index (χ0) is 83.0. The first-order chi connectivity index (χ1) is 52.6. The van der Waals surface area contributed by atoms with Gasteiger partial charge < -0.3 is 125 Å². The van der Waals surface area contributed by atoms with Crippen molar-refractivity contribution in [3.63, 3.8) is 0 Å². The van der Waals surface area contributed by atoms with Gasteiger partial charge in [-0.3, -0.25) is 34.1 Å². The minimum atomic E-state index is -2.52. The molecule has 646 valence electrons. The summed E-state index contributed by atoms with van der Waals surface area (Å²) in [6.07, 6.45) is -5.56. The van der Waals surface area contributed by atoms with Gasteiger partial charge >= 0.3 is 11.9 Å². The maximum atomic E-state index is 13.4. The van der Waals surface area contributed by atoms with Gasteiger partial charge in [0.25, 0.3) is 11.8 Å². The highest BCUT2D eigenvalue weighted by Crippen LogP contribution is 2.68. The summed E-state index contributed by atoms with van der Waals surface area (Å²) in [5.41, 5.74) is -0.235. The Morgan fingerprint density at radius 2 is 1.11 bits per heavy atom. The second-order valence-electron chi connectivity index (χ2n) is 32.0. The molecule has 2 saturated heterocycles. The van der Waals surface area contributed by atoms with Crippen LogP contribution in [0.3, 0.4) is 0 Å². The number of esters is 2. The zero-order valence-corrected chi connectivity index (χ0v) is 67.2. The predicted octanol–water partition coefficient (Wildman–Crippen LogP) is 1.16. The number of hydrogen-bond donors (Lipinski definition) is 19. The number of hydrogen-bond acceptors (Lipinski definition) is 29. The minimum Gasteiger partial charge on any atom is -0.469 e. The highest BCUT2D eigenvalue weighted by Gasteiger charge is 2.64. The van der Waals surface area contributed by atoms with Crippen LogP contribution in [-0.2, 0) is 61.9 Å². The molecule has 0 aromatic rings. The van der Waals surface area contributed by atoms with Crippen molar-refractivity contribution in [1.29, 1.82) is 0 Å². The molecule has 30 atom stereocenters. The molecule has 6 fully saturated rings. The van der Waals surface area contributed by atoms with Crippen LogP contribution in [0, 0.1) is 46.3 Å². The molecule has 111 heavy (non-hydrogen) atoms. The number of amides is 4. The summed E-state index contributed by atoms with van der Waals surface area (Å²) in [4.78, 5) is 76.5. The third-order valence-corrected chi connectivity index (χ3v) is 24.3. The van der Waals surface area contributed by atoms with E-state index in [4.69, 9.17) is 28.4 Å². The van der Waals surface area contributed by atoms with Crippen molar-refractivity contribution >= 4 is 35.6 Å². The predicted molar refractivity (Wildman–Crippen MR) is 402 cm³/mol. The van der Waals surface area contributed by atoms with Gasteiger partial charge in [-0.15, -0.1) is 0 Å². The van der Waals surface area contributed by atoms with Gasteiger partial charge in [0.05, 0.1) is 64.3 Å². The van der Waals surface area contributed by atoms with Gasteiger partial charge in [0.2, 0.25) is 11.8 Å². The van der Waals surface area contributed by atoms with Crippen molar-refractivity contribution < 1.29 is 144 Å². The molecule has 32 heteroatoms. The van der Waals surface area contributed by atoms with Crippen LogP contribution in [0.15, 0.2) is 12.2 Å². The first-order valence-electron chi connectivity index (χ1n) is 40.8. The molecular formula is C79H141N3O29. The molecule has 0 aromatic heterocycles. The van der Waals surface area contributed by atoms with Gasteiger partial charge in [-0.05, 0) is 143 Å². The smallest absolute Gasteiger partial charge is 0.308 e. The Morgan fingerprint density at radius 3 is 1.64 bits per heavy atom. The van der Waals surface area contributed by atoms with Crippen LogP contribution in [0.1, 0.15) is 229 Å². The van der Waals surface area contributed by atoms with E-state index in [0.717, 1.165) is 71.3 Å². The first-order valence-corrected chi connectivity index (χ1v) is 40.8. The fourth-order valence-corrected chi connectivity index (χ4v) is 17.4. The molecular weight excluding hydrogens is 1450 g/mol. The highest BCUT2D eigenvalue weighted by atomic mass is 16.7. The Hall–Kier alpha value is -4.08. The summed E-state index contributed by atoms with van der Waals surface area (Å²) in [5, 5.41) is 172. The monoisotopic (exact) mass is 1600 g/mol. The Labute approximate surface area is 655 Å². The number of carbonyl (C=O) groups is 6. The largest absolute Gasteiger partial charge is 0.469 e. The van der Waals surface area contributed by atoms with Crippen LogP contribution in [0.5, 0.6) is 0 Å². The molecule has 19 N–H and O–H groups in total. The number of rotatable bonds is 43. The van der Waals surface area contributed by atoms with Crippen molar-refractivity contribution in [3.8, 4) is 0 Å². The van der Waals surface area contributed by atoms with Crippen molar-refractivity contribution in [2.75, 3.05) is 40.6 Å². The van der Waals surface area contributed by atoms with Crippen molar-refractivity contribution in [2.24, 2.45) is 46.3 Å². The quantitative estimate of drug-likeness (QED) is 0.0231. The Balaban J connectivity index is 0.000000431. The van der Waals surface area contributed by atoms with Gasteiger partial charge in [-0.2, -0.15) is 0 Å². The van der Waals surface area contributed by atoms with Crippen LogP contribution in [0.4, 0.5) is 0 Å². The number of nitrogens with one attached hydrogen (secondary N) is 3. The Morgan fingerprint density at radius 1 is 0.577 bits per heavy atom. The lowest BCUT2D eigenvalue weighted by molar-refractivity contribution is -0.323.